The minimum Gasteiger partial charge on any atom is -0.494 e. The molecule has 1 aromatic carbocycles. The molecule has 0 radical (unpaired) electrons. The molecule has 0 amide bonds. The van der Waals surface area contributed by atoms with Crippen molar-refractivity contribution in [3.8, 4) is 5.75 Å². The number of sulfonamides is 1. The zero-order valence-electron chi connectivity index (χ0n) is 14.1. The average molecular weight is 362 g/mol. The first-order chi connectivity index (χ1) is 12.1. The second kappa shape index (κ2) is 7.79. The van der Waals surface area contributed by atoms with E-state index in [1.165, 1.54) is 6.33 Å². The number of nitrogens with zero attached hydrogens (tertiary/aromatic N) is 3. The average Bonchev–Trinajstić information content (AvgIpc) is 2.64. The third-order valence-corrected chi connectivity index (χ3v) is 6.07. The largest absolute Gasteiger partial charge is 0.494 e. The summed E-state index contributed by atoms with van der Waals surface area (Å²) in [5, 5.41) is 3.32. The lowest BCUT2D eigenvalue weighted by Gasteiger charge is -2.31. The number of nitrogens with one attached hydrogen (secondary N) is 1. The molecule has 25 heavy (non-hydrogen) atoms. The van der Waals surface area contributed by atoms with E-state index in [0.717, 1.165) is 18.7 Å². The molecule has 0 aliphatic carbocycles. The summed E-state index contributed by atoms with van der Waals surface area (Å²) in [5.74, 6) is 1.44. The Morgan fingerprint density at radius 2 is 1.92 bits per heavy atom. The summed E-state index contributed by atoms with van der Waals surface area (Å²) in [6.07, 6.45) is 4.65. The normalized spacial score (nSPS) is 16.5. The van der Waals surface area contributed by atoms with Gasteiger partial charge in [0.1, 0.15) is 17.9 Å². The van der Waals surface area contributed by atoms with Crippen LogP contribution in [0.2, 0.25) is 0 Å². The van der Waals surface area contributed by atoms with Crippen molar-refractivity contribution in [2.75, 3.05) is 25.0 Å². The summed E-state index contributed by atoms with van der Waals surface area (Å²) in [4.78, 5) is 8.34. The van der Waals surface area contributed by atoms with Crippen LogP contribution in [0.3, 0.4) is 0 Å². The number of ether oxygens (including phenoxy) is 1. The van der Waals surface area contributed by atoms with Crippen LogP contribution in [0.1, 0.15) is 19.8 Å². The third-order valence-electron chi connectivity index (χ3n) is 4.16. The summed E-state index contributed by atoms with van der Waals surface area (Å²) >= 11 is 0. The van der Waals surface area contributed by atoms with Crippen LogP contribution in [0.5, 0.6) is 5.75 Å². The molecule has 0 bridgehead atoms. The van der Waals surface area contributed by atoms with E-state index in [1.807, 2.05) is 13.0 Å². The van der Waals surface area contributed by atoms with Crippen LogP contribution in [0.15, 0.2) is 47.8 Å². The molecule has 0 unspecified atom stereocenters. The lowest BCUT2D eigenvalue weighted by molar-refractivity contribution is 0.329. The lowest BCUT2D eigenvalue weighted by Crippen LogP contribution is -2.42. The quantitative estimate of drug-likeness (QED) is 0.847. The molecule has 2 aromatic rings. The van der Waals surface area contributed by atoms with E-state index in [4.69, 9.17) is 4.74 Å². The minimum absolute atomic E-state index is 0.210. The maximum atomic E-state index is 12.8. The number of hydrogen-bond donors (Lipinski definition) is 1. The van der Waals surface area contributed by atoms with Crippen LogP contribution in [-0.4, -0.2) is 48.4 Å². The maximum absolute atomic E-state index is 12.8. The first-order valence-electron chi connectivity index (χ1n) is 8.35. The SMILES string of the molecule is CCOc1ccc(S(=O)(=O)N2CCC(Nc3ccncn3)CC2)cc1. The van der Waals surface area contributed by atoms with Gasteiger partial charge in [-0.25, -0.2) is 18.4 Å². The molecule has 1 aliphatic heterocycles. The Kier molecular flexibility index (Phi) is 5.50. The second-order valence-electron chi connectivity index (χ2n) is 5.82. The number of piperidine rings is 1. The van der Waals surface area contributed by atoms with E-state index < -0.39 is 10.0 Å². The highest BCUT2D eigenvalue weighted by atomic mass is 32.2. The Bertz CT molecular complexity index is 773. The Morgan fingerprint density at radius 3 is 2.52 bits per heavy atom. The van der Waals surface area contributed by atoms with E-state index in [-0.39, 0.29) is 6.04 Å². The third kappa shape index (κ3) is 4.26. The minimum atomic E-state index is -3.47. The van der Waals surface area contributed by atoms with Gasteiger partial charge >= 0.3 is 0 Å². The van der Waals surface area contributed by atoms with E-state index in [0.29, 0.717) is 30.3 Å². The van der Waals surface area contributed by atoms with Crippen molar-refractivity contribution in [1.29, 1.82) is 0 Å². The molecule has 1 N–H and O–H groups in total. The van der Waals surface area contributed by atoms with Gasteiger partial charge in [-0.3, -0.25) is 0 Å². The molecule has 134 valence electrons. The Balaban J connectivity index is 1.61. The van der Waals surface area contributed by atoms with Crippen molar-refractivity contribution in [3.05, 3.63) is 42.9 Å². The standard InChI is InChI=1S/C17H22N4O3S/c1-2-24-15-3-5-16(6-4-15)25(22,23)21-11-8-14(9-12-21)20-17-7-10-18-13-19-17/h3-7,10,13-14H,2,8-9,11-12H2,1H3,(H,18,19,20). The van der Waals surface area contributed by atoms with Crippen LogP contribution in [-0.2, 0) is 10.0 Å². The highest BCUT2D eigenvalue weighted by molar-refractivity contribution is 7.89. The Morgan fingerprint density at radius 1 is 1.20 bits per heavy atom. The zero-order valence-corrected chi connectivity index (χ0v) is 14.9. The highest BCUT2D eigenvalue weighted by Crippen LogP contribution is 2.23. The van der Waals surface area contributed by atoms with Crippen molar-refractivity contribution in [1.82, 2.24) is 14.3 Å². The van der Waals surface area contributed by atoms with Gasteiger partial charge in [-0.1, -0.05) is 0 Å². The molecule has 1 aliphatic rings. The molecule has 2 heterocycles. The van der Waals surface area contributed by atoms with Crippen LogP contribution >= 0.6 is 0 Å². The summed E-state index contributed by atoms with van der Waals surface area (Å²) < 4.78 is 32.4. The van der Waals surface area contributed by atoms with Gasteiger partial charge in [0.15, 0.2) is 0 Å². The fourth-order valence-electron chi connectivity index (χ4n) is 2.85. The molecular weight excluding hydrogens is 340 g/mol. The number of benzene rings is 1. The van der Waals surface area contributed by atoms with Crippen molar-refractivity contribution in [2.45, 2.75) is 30.7 Å². The smallest absolute Gasteiger partial charge is 0.243 e. The first kappa shape index (κ1) is 17.6. The molecule has 8 heteroatoms. The fourth-order valence-corrected chi connectivity index (χ4v) is 4.32. The monoisotopic (exact) mass is 362 g/mol. The predicted molar refractivity (Wildman–Crippen MR) is 95.0 cm³/mol. The zero-order chi connectivity index (χ0) is 17.7. The van der Waals surface area contributed by atoms with E-state index in [2.05, 4.69) is 15.3 Å². The van der Waals surface area contributed by atoms with Gasteiger partial charge in [-0.2, -0.15) is 4.31 Å². The molecule has 1 saturated heterocycles. The molecule has 3 rings (SSSR count). The number of rotatable bonds is 6. The van der Waals surface area contributed by atoms with Gasteiger partial charge in [0.25, 0.3) is 0 Å². The number of aromatic nitrogens is 2. The molecule has 0 atom stereocenters. The van der Waals surface area contributed by atoms with Crippen LogP contribution in [0.25, 0.3) is 0 Å². The lowest BCUT2D eigenvalue weighted by atomic mass is 10.1. The molecule has 0 saturated carbocycles. The number of hydrogen-bond acceptors (Lipinski definition) is 6. The Hall–Kier alpha value is -2.19. The molecule has 1 fully saturated rings. The van der Waals surface area contributed by atoms with Gasteiger partial charge in [0, 0.05) is 25.3 Å². The first-order valence-corrected chi connectivity index (χ1v) is 9.79. The van der Waals surface area contributed by atoms with Gasteiger partial charge in [0.05, 0.1) is 11.5 Å². The summed E-state index contributed by atoms with van der Waals surface area (Å²) in [7, 11) is -3.47. The van der Waals surface area contributed by atoms with E-state index in [9.17, 15) is 8.42 Å². The van der Waals surface area contributed by atoms with E-state index >= 15 is 0 Å². The molecule has 0 spiro atoms. The van der Waals surface area contributed by atoms with Crippen molar-refractivity contribution in [2.24, 2.45) is 0 Å². The summed E-state index contributed by atoms with van der Waals surface area (Å²) in [5.41, 5.74) is 0. The van der Waals surface area contributed by atoms with Crippen LogP contribution in [0.4, 0.5) is 5.82 Å². The van der Waals surface area contributed by atoms with Crippen molar-refractivity contribution < 1.29 is 13.2 Å². The van der Waals surface area contributed by atoms with Crippen LogP contribution < -0.4 is 10.1 Å². The molecule has 1 aromatic heterocycles. The van der Waals surface area contributed by atoms with Gasteiger partial charge < -0.3 is 10.1 Å². The molecular formula is C17H22N4O3S. The van der Waals surface area contributed by atoms with Gasteiger partial charge in [-0.05, 0) is 50.1 Å². The van der Waals surface area contributed by atoms with Crippen molar-refractivity contribution in [3.63, 3.8) is 0 Å². The second-order valence-corrected chi connectivity index (χ2v) is 7.76. The number of anilines is 1. The topological polar surface area (TPSA) is 84.4 Å². The summed E-state index contributed by atoms with van der Waals surface area (Å²) in [6, 6.07) is 8.61. The fraction of sp³-hybridized carbons (Fsp3) is 0.412. The van der Waals surface area contributed by atoms with Gasteiger partial charge in [-0.15, -0.1) is 0 Å². The predicted octanol–water partition coefficient (Wildman–Crippen LogP) is 2.14. The van der Waals surface area contributed by atoms with Crippen molar-refractivity contribution >= 4 is 15.8 Å². The Labute approximate surface area is 148 Å². The van der Waals surface area contributed by atoms with Crippen LogP contribution in [0, 0.1) is 0 Å². The summed E-state index contributed by atoms with van der Waals surface area (Å²) in [6.45, 7) is 3.42. The van der Waals surface area contributed by atoms with Gasteiger partial charge in [0.2, 0.25) is 10.0 Å². The molecule has 7 nitrogen and oxygen atoms in total. The van der Waals surface area contributed by atoms with E-state index in [1.54, 1.807) is 34.8 Å². The maximum Gasteiger partial charge on any atom is 0.243 e. The highest BCUT2D eigenvalue weighted by Gasteiger charge is 2.29.